The Labute approximate surface area is 189 Å². The molecule has 0 bridgehead atoms. The van der Waals surface area contributed by atoms with Gasteiger partial charge in [0.2, 0.25) is 0 Å². The van der Waals surface area contributed by atoms with Crippen molar-refractivity contribution in [3.05, 3.63) is 106 Å². The first-order valence-corrected chi connectivity index (χ1v) is 12.2. The number of fused-ring (bicyclic) bond motifs is 1. The van der Waals surface area contributed by atoms with Gasteiger partial charge in [-0.1, -0.05) is 106 Å². The van der Waals surface area contributed by atoms with Crippen LogP contribution in [-0.4, -0.2) is 0 Å². The summed E-state index contributed by atoms with van der Waals surface area (Å²) >= 11 is 0. The summed E-state index contributed by atoms with van der Waals surface area (Å²) in [4.78, 5) is 0. The normalized spacial score (nSPS) is 29.0. The first-order chi connectivity index (χ1) is 14.9. The van der Waals surface area contributed by atoms with Gasteiger partial charge in [-0.05, 0) is 72.3 Å². The third-order valence-corrected chi connectivity index (χ3v) is 7.63. The molecular formula is C31H38. The molecule has 4 rings (SSSR count). The van der Waals surface area contributed by atoms with E-state index in [-0.39, 0.29) is 0 Å². The highest BCUT2D eigenvalue weighted by atomic mass is 14.5. The number of allylic oxidation sites excluding steroid dienone is 10. The molecule has 0 spiro atoms. The third kappa shape index (κ3) is 4.10. The second-order valence-electron chi connectivity index (χ2n) is 9.89. The van der Waals surface area contributed by atoms with Gasteiger partial charge in [-0.2, -0.15) is 0 Å². The number of hydrogen-bond acceptors (Lipinski definition) is 0. The minimum Gasteiger partial charge on any atom is -0.0995 e. The van der Waals surface area contributed by atoms with Crippen LogP contribution in [0.1, 0.15) is 70.4 Å². The van der Waals surface area contributed by atoms with E-state index < -0.39 is 0 Å². The van der Waals surface area contributed by atoms with E-state index >= 15 is 0 Å². The van der Waals surface area contributed by atoms with Gasteiger partial charge in [-0.25, -0.2) is 0 Å². The van der Waals surface area contributed by atoms with Crippen LogP contribution in [0, 0.1) is 17.8 Å². The van der Waals surface area contributed by atoms with E-state index in [9.17, 15) is 0 Å². The van der Waals surface area contributed by atoms with Gasteiger partial charge in [0.05, 0.1) is 0 Å². The topological polar surface area (TPSA) is 0 Å². The van der Waals surface area contributed by atoms with Crippen LogP contribution in [0.3, 0.4) is 0 Å². The Bertz CT molecular complexity index is 1010. The molecule has 1 fully saturated rings. The molecule has 0 N–H and O–H groups in total. The first-order valence-electron chi connectivity index (χ1n) is 12.2. The second-order valence-corrected chi connectivity index (χ2v) is 9.89. The Kier molecular flexibility index (Phi) is 6.37. The van der Waals surface area contributed by atoms with Crippen LogP contribution in [0.25, 0.3) is 0 Å². The molecule has 0 nitrogen and oxygen atoms in total. The summed E-state index contributed by atoms with van der Waals surface area (Å²) in [7, 11) is 0. The smallest absolute Gasteiger partial charge is 0.0123 e. The maximum absolute atomic E-state index is 4.69. The molecule has 0 heterocycles. The molecule has 0 heteroatoms. The molecular weight excluding hydrogens is 372 g/mol. The van der Waals surface area contributed by atoms with E-state index in [1.165, 1.54) is 39.0 Å². The molecule has 4 atom stereocenters. The minimum absolute atomic E-state index is 0.407. The summed E-state index contributed by atoms with van der Waals surface area (Å²) in [6.45, 7) is 18.5. The van der Waals surface area contributed by atoms with Crippen LogP contribution in [-0.2, 0) is 6.42 Å². The fraction of sp³-hybridized carbons (Fsp3) is 0.419. The Morgan fingerprint density at radius 1 is 1.13 bits per heavy atom. The fourth-order valence-corrected chi connectivity index (χ4v) is 6.28. The summed E-state index contributed by atoms with van der Waals surface area (Å²) in [5, 5.41) is 0. The highest BCUT2D eigenvalue weighted by Crippen LogP contribution is 2.57. The quantitative estimate of drug-likeness (QED) is 0.412. The molecule has 31 heavy (non-hydrogen) atoms. The molecule has 0 aliphatic heterocycles. The van der Waals surface area contributed by atoms with Crippen LogP contribution in [0.4, 0.5) is 0 Å². The lowest BCUT2D eigenvalue weighted by atomic mass is 9.61. The maximum atomic E-state index is 4.69. The molecule has 4 unspecified atom stereocenters. The van der Waals surface area contributed by atoms with Crippen molar-refractivity contribution in [2.75, 3.05) is 0 Å². The zero-order valence-corrected chi connectivity index (χ0v) is 19.9. The van der Waals surface area contributed by atoms with Crippen molar-refractivity contribution in [2.24, 2.45) is 17.8 Å². The predicted octanol–water partition coefficient (Wildman–Crippen LogP) is 8.66. The Hall–Kier alpha value is -2.34. The fourth-order valence-electron chi connectivity index (χ4n) is 6.28. The Morgan fingerprint density at radius 3 is 2.58 bits per heavy atom. The van der Waals surface area contributed by atoms with Crippen molar-refractivity contribution in [1.29, 1.82) is 0 Å². The molecule has 0 amide bonds. The summed E-state index contributed by atoms with van der Waals surface area (Å²) in [5.41, 5.74) is 11.7. The minimum atomic E-state index is 0.407. The molecule has 1 aromatic rings. The van der Waals surface area contributed by atoms with Crippen LogP contribution in [0.15, 0.2) is 95.2 Å². The largest absolute Gasteiger partial charge is 0.0995 e. The Balaban J connectivity index is 1.79. The van der Waals surface area contributed by atoms with Crippen molar-refractivity contribution >= 4 is 0 Å². The van der Waals surface area contributed by atoms with Gasteiger partial charge < -0.3 is 0 Å². The second kappa shape index (κ2) is 9.03. The number of aryl methyl sites for hydroxylation is 1. The molecule has 1 aromatic carbocycles. The van der Waals surface area contributed by atoms with Gasteiger partial charge in [-0.3, -0.25) is 0 Å². The highest BCUT2D eigenvalue weighted by molar-refractivity contribution is 5.55. The monoisotopic (exact) mass is 410 g/mol. The van der Waals surface area contributed by atoms with Gasteiger partial charge in [0.25, 0.3) is 0 Å². The van der Waals surface area contributed by atoms with Gasteiger partial charge in [0.1, 0.15) is 0 Å². The van der Waals surface area contributed by atoms with E-state index in [1.807, 2.05) is 0 Å². The number of benzene rings is 1. The summed E-state index contributed by atoms with van der Waals surface area (Å²) in [6, 6.07) is 9.12. The lowest BCUT2D eigenvalue weighted by molar-refractivity contribution is 0.321. The third-order valence-electron chi connectivity index (χ3n) is 7.63. The summed E-state index contributed by atoms with van der Waals surface area (Å²) in [5.74, 6) is 1.85. The molecule has 0 saturated heterocycles. The molecule has 0 radical (unpaired) electrons. The van der Waals surface area contributed by atoms with Crippen molar-refractivity contribution in [3.63, 3.8) is 0 Å². The molecule has 3 aliphatic carbocycles. The van der Waals surface area contributed by atoms with E-state index in [1.54, 1.807) is 5.57 Å². The molecule has 0 aromatic heterocycles. The summed E-state index contributed by atoms with van der Waals surface area (Å²) < 4.78 is 0. The van der Waals surface area contributed by atoms with Crippen LogP contribution in [0.5, 0.6) is 0 Å². The van der Waals surface area contributed by atoms with Crippen LogP contribution < -0.4 is 0 Å². The zero-order chi connectivity index (χ0) is 22.1. The lowest BCUT2D eigenvalue weighted by Crippen LogP contribution is -2.32. The van der Waals surface area contributed by atoms with Gasteiger partial charge in [0, 0.05) is 11.8 Å². The molecule has 3 aliphatic rings. The van der Waals surface area contributed by atoms with Crippen molar-refractivity contribution in [3.8, 4) is 0 Å². The molecule has 162 valence electrons. The highest BCUT2D eigenvalue weighted by Gasteiger charge is 2.45. The van der Waals surface area contributed by atoms with Crippen LogP contribution >= 0.6 is 0 Å². The van der Waals surface area contributed by atoms with E-state index in [4.69, 9.17) is 6.58 Å². The Morgan fingerprint density at radius 2 is 1.90 bits per heavy atom. The predicted molar refractivity (Wildman–Crippen MR) is 135 cm³/mol. The standard InChI is InChI=1S/C31H38/c1-7-11-21(4)29-22(5)17-27-19-26(18-24-15-14-20(3)16-24)23(6)30(27)31(29)28-13-10-9-12-25(28)8-2/h9-10,12-15,17-18,22,29-31H,4,6-8,11,16,19H2,1-3,5H3. The van der Waals surface area contributed by atoms with E-state index in [2.05, 4.69) is 82.8 Å². The van der Waals surface area contributed by atoms with Gasteiger partial charge >= 0.3 is 0 Å². The zero-order valence-electron chi connectivity index (χ0n) is 19.9. The SMILES string of the molecule is C=C1C(=CC2=CC=C(C)C2)CC2=CC(C)C(C(=C)CCC)C(c3ccccc3CC)C12. The average Bonchev–Trinajstić information content (AvgIpc) is 3.29. The average molecular weight is 411 g/mol. The van der Waals surface area contributed by atoms with Crippen molar-refractivity contribution in [2.45, 2.75) is 65.7 Å². The maximum Gasteiger partial charge on any atom is 0.0123 e. The van der Waals surface area contributed by atoms with Gasteiger partial charge in [-0.15, -0.1) is 0 Å². The van der Waals surface area contributed by atoms with Crippen molar-refractivity contribution in [1.82, 2.24) is 0 Å². The van der Waals surface area contributed by atoms with Gasteiger partial charge in [0.15, 0.2) is 0 Å². The first kappa shape index (κ1) is 21.9. The van der Waals surface area contributed by atoms with E-state index in [0.29, 0.717) is 23.7 Å². The summed E-state index contributed by atoms with van der Waals surface area (Å²) in [6.07, 6.45) is 15.0. The van der Waals surface area contributed by atoms with E-state index in [0.717, 1.165) is 32.1 Å². The number of hydrogen-bond donors (Lipinski definition) is 0. The van der Waals surface area contributed by atoms with Crippen molar-refractivity contribution < 1.29 is 0 Å². The van der Waals surface area contributed by atoms with Crippen LogP contribution in [0.2, 0.25) is 0 Å². The lowest BCUT2D eigenvalue weighted by Gasteiger charge is -2.42. The number of rotatable bonds is 6. The molecule has 1 saturated carbocycles.